The highest BCUT2D eigenvalue weighted by molar-refractivity contribution is 8.18. The van der Waals surface area contributed by atoms with Gasteiger partial charge in [-0.1, -0.05) is 48.0 Å². The summed E-state index contributed by atoms with van der Waals surface area (Å²) in [6, 6.07) is 20.1. The number of halogens is 1. The van der Waals surface area contributed by atoms with Crippen LogP contribution in [0.1, 0.15) is 15.9 Å². The van der Waals surface area contributed by atoms with E-state index >= 15 is 0 Å². The monoisotopic (exact) mass is 529 g/mol. The average Bonchev–Trinajstić information content (AvgIpc) is 3.47. The molecule has 1 fully saturated rings. The lowest BCUT2D eigenvalue weighted by Gasteiger charge is -2.13. The summed E-state index contributed by atoms with van der Waals surface area (Å²) < 4.78 is 1.64. The number of nitrogens with one attached hydrogen (secondary N) is 1. The molecular weight excluding hydrogens is 510 g/mol. The fourth-order valence-electron chi connectivity index (χ4n) is 3.76. The number of amides is 3. The zero-order valence-corrected chi connectivity index (χ0v) is 20.9. The highest BCUT2D eigenvalue weighted by Gasteiger charge is 2.34. The van der Waals surface area contributed by atoms with Crippen molar-refractivity contribution in [3.63, 3.8) is 0 Å². The third-order valence-corrected chi connectivity index (χ3v) is 6.73. The van der Waals surface area contributed by atoms with E-state index < -0.39 is 5.91 Å². The van der Waals surface area contributed by atoms with Crippen LogP contribution in [0.4, 0.5) is 4.79 Å². The Hall–Kier alpha value is -4.21. The number of rotatable bonds is 7. The van der Waals surface area contributed by atoms with Crippen LogP contribution >= 0.6 is 23.4 Å². The number of pyridine rings is 1. The Morgan fingerprint density at radius 1 is 1.03 bits per heavy atom. The number of carbonyl (C=O) groups excluding carboxylic acids is 3. The van der Waals surface area contributed by atoms with Gasteiger partial charge in [-0.3, -0.25) is 24.3 Å². The number of benzene rings is 2. The number of nitrogens with zero attached hydrogens (tertiary/aromatic N) is 4. The molecule has 1 saturated heterocycles. The summed E-state index contributed by atoms with van der Waals surface area (Å²) in [6.07, 6.45) is 6.54. The van der Waals surface area contributed by atoms with Gasteiger partial charge in [-0.05, 0) is 53.7 Å². The van der Waals surface area contributed by atoms with Crippen molar-refractivity contribution in [1.29, 1.82) is 0 Å². The molecule has 1 N–H and O–H groups in total. The molecule has 8 nitrogen and oxygen atoms in total. The van der Waals surface area contributed by atoms with Gasteiger partial charge < -0.3 is 5.32 Å². The maximum absolute atomic E-state index is 13.2. The normalized spacial score (nSPS) is 14.4. The van der Waals surface area contributed by atoms with Crippen molar-refractivity contribution in [2.45, 2.75) is 0 Å². The van der Waals surface area contributed by atoms with Crippen LogP contribution in [-0.2, 0) is 4.79 Å². The molecule has 0 bridgehead atoms. The minimum absolute atomic E-state index is 0.0455. The number of hydrogen-bond donors (Lipinski definition) is 1. The quantitative estimate of drug-likeness (QED) is 0.336. The van der Waals surface area contributed by atoms with E-state index in [2.05, 4.69) is 15.4 Å². The van der Waals surface area contributed by atoms with E-state index in [9.17, 15) is 14.4 Å². The molecular formula is C27H20ClN5O3S. The van der Waals surface area contributed by atoms with Gasteiger partial charge in [0, 0.05) is 42.3 Å². The second-order valence-corrected chi connectivity index (χ2v) is 9.48. The van der Waals surface area contributed by atoms with Crippen LogP contribution < -0.4 is 5.32 Å². The van der Waals surface area contributed by atoms with Crippen LogP contribution in [0.5, 0.6) is 0 Å². The van der Waals surface area contributed by atoms with Crippen molar-refractivity contribution in [2.75, 3.05) is 13.1 Å². The van der Waals surface area contributed by atoms with Gasteiger partial charge in [0.05, 0.1) is 16.2 Å². The Morgan fingerprint density at radius 3 is 2.54 bits per heavy atom. The second kappa shape index (κ2) is 10.8. The van der Waals surface area contributed by atoms with Gasteiger partial charge in [0.2, 0.25) is 0 Å². The Kier molecular flexibility index (Phi) is 7.16. The van der Waals surface area contributed by atoms with Crippen LogP contribution in [0, 0.1) is 0 Å². The molecule has 3 amide bonds. The first-order valence-corrected chi connectivity index (χ1v) is 12.5. The Labute approximate surface area is 222 Å². The molecule has 0 radical (unpaired) electrons. The maximum Gasteiger partial charge on any atom is 0.293 e. The molecule has 0 aliphatic carbocycles. The van der Waals surface area contributed by atoms with E-state index in [4.69, 9.17) is 11.6 Å². The third kappa shape index (κ3) is 5.47. The first-order chi connectivity index (χ1) is 18.0. The molecule has 1 aliphatic heterocycles. The van der Waals surface area contributed by atoms with Crippen LogP contribution in [0.2, 0.25) is 5.02 Å². The number of hydrogen-bond acceptors (Lipinski definition) is 6. The molecule has 4 aromatic rings. The highest BCUT2D eigenvalue weighted by atomic mass is 35.5. The lowest BCUT2D eigenvalue weighted by molar-refractivity contribution is -0.122. The third-order valence-electron chi connectivity index (χ3n) is 5.57. The van der Waals surface area contributed by atoms with Crippen molar-refractivity contribution in [3.8, 4) is 16.9 Å². The maximum atomic E-state index is 13.2. The Balaban J connectivity index is 1.31. The van der Waals surface area contributed by atoms with Crippen LogP contribution in [0.15, 0.2) is 90.2 Å². The number of carbonyl (C=O) groups is 3. The van der Waals surface area contributed by atoms with E-state index in [1.54, 1.807) is 65.7 Å². The van der Waals surface area contributed by atoms with E-state index in [0.29, 0.717) is 21.2 Å². The predicted octanol–water partition coefficient (Wildman–Crippen LogP) is 5.05. The van der Waals surface area contributed by atoms with Crippen molar-refractivity contribution < 1.29 is 14.4 Å². The van der Waals surface area contributed by atoms with E-state index in [0.717, 1.165) is 33.5 Å². The first kappa shape index (κ1) is 24.5. The summed E-state index contributed by atoms with van der Waals surface area (Å²) in [5.74, 6) is -0.767. The van der Waals surface area contributed by atoms with E-state index in [-0.39, 0.29) is 24.2 Å². The molecule has 10 heteroatoms. The summed E-state index contributed by atoms with van der Waals surface area (Å²) in [5, 5.41) is 7.65. The Bertz CT molecular complexity index is 1490. The fraction of sp³-hybridized carbons (Fsp3) is 0.0741. The second-order valence-electron chi connectivity index (χ2n) is 8.05. The van der Waals surface area contributed by atoms with Gasteiger partial charge in [-0.25, -0.2) is 4.68 Å². The van der Waals surface area contributed by atoms with Crippen LogP contribution in [-0.4, -0.2) is 49.8 Å². The summed E-state index contributed by atoms with van der Waals surface area (Å²) in [4.78, 5) is 43.8. The van der Waals surface area contributed by atoms with Gasteiger partial charge in [0.25, 0.3) is 17.1 Å². The minimum Gasteiger partial charge on any atom is -0.350 e. The molecule has 184 valence electrons. The van der Waals surface area contributed by atoms with Gasteiger partial charge in [0.1, 0.15) is 5.69 Å². The number of aromatic nitrogens is 3. The summed E-state index contributed by atoms with van der Waals surface area (Å²) >= 11 is 6.91. The van der Waals surface area contributed by atoms with E-state index in [1.807, 2.05) is 30.3 Å². The molecule has 0 saturated carbocycles. The first-order valence-electron chi connectivity index (χ1n) is 11.3. The number of para-hydroxylation sites is 1. The SMILES string of the molecule is O=C(NCCN1C(=O)S/C(=C/c2cccnc2)C1=O)c1cn(-c2ccccc2)nc1-c1ccc(Cl)cc1. The van der Waals surface area contributed by atoms with Crippen LogP contribution in [0.25, 0.3) is 23.0 Å². The molecule has 2 aromatic carbocycles. The summed E-state index contributed by atoms with van der Waals surface area (Å²) in [6.45, 7) is 0.136. The van der Waals surface area contributed by atoms with Gasteiger partial charge in [0.15, 0.2) is 0 Å². The molecule has 2 aromatic heterocycles. The van der Waals surface area contributed by atoms with Crippen molar-refractivity contribution in [3.05, 3.63) is 106 Å². The minimum atomic E-state index is -0.396. The van der Waals surface area contributed by atoms with Gasteiger partial charge >= 0.3 is 0 Å². The Morgan fingerprint density at radius 2 is 1.81 bits per heavy atom. The number of imide groups is 1. The number of thioether (sulfide) groups is 1. The van der Waals surface area contributed by atoms with Gasteiger partial charge in [-0.2, -0.15) is 5.10 Å². The predicted molar refractivity (Wildman–Crippen MR) is 143 cm³/mol. The van der Waals surface area contributed by atoms with Gasteiger partial charge in [-0.15, -0.1) is 0 Å². The smallest absolute Gasteiger partial charge is 0.293 e. The molecule has 0 atom stereocenters. The van der Waals surface area contributed by atoms with E-state index in [1.165, 1.54) is 0 Å². The average molecular weight is 530 g/mol. The molecule has 37 heavy (non-hydrogen) atoms. The topological polar surface area (TPSA) is 97.2 Å². The zero-order valence-electron chi connectivity index (χ0n) is 19.4. The van der Waals surface area contributed by atoms with Crippen molar-refractivity contribution in [1.82, 2.24) is 25.0 Å². The van der Waals surface area contributed by atoms with Crippen molar-refractivity contribution in [2.24, 2.45) is 0 Å². The molecule has 3 heterocycles. The molecule has 0 unspecified atom stereocenters. The fourth-order valence-corrected chi connectivity index (χ4v) is 4.75. The van der Waals surface area contributed by atoms with Crippen molar-refractivity contribution >= 4 is 46.5 Å². The lowest BCUT2D eigenvalue weighted by Crippen LogP contribution is -2.37. The lowest BCUT2D eigenvalue weighted by atomic mass is 10.1. The molecule has 1 aliphatic rings. The molecule has 0 spiro atoms. The zero-order chi connectivity index (χ0) is 25.8. The highest BCUT2D eigenvalue weighted by Crippen LogP contribution is 2.32. The largest absolute Gasteiger partial charge is 0.350 e. The standard InChI is InChI=1S/C27H20ClN5O3S/c28-20-10-8-19(9-11-20)24-22(17-33(31-24)21-6-2-1-3-7-21)25(34)30-13-14-32-26(35)23(37-27(32)36)15-18-5-4-12-29-16-18/h1-12,15-17H,13-14H2,(H,30,34)/b23-15+. The van der Waals surface area contributed by atoms with Crippen LogP contribution in [0.3, 0.4) is 0 Å². The molecule has 5 rings (SSSR count). The summed E-state index contributed by atoms with van der Waals surface area (Å²) in [5.41, 5.74) is 3.11. The summed E-state index contributed by atoms with van der Waals surface area (Å²) in [7, 11) is 0.